The van der Waals surface area contributed by atoms with Crippen molar-refractivity contribution in [3.63, 3.8) is 0 Å². The quantitative estimate of drug-likeness (QED) is 0.538. The van der Waals surface area contributed by atoms with E-state index in [-0.39, 0.29) is 5.69 Å². The Hall–Kier alpha value is -3.17. The summed E-state index contributed by atoms with van der Waals surface area (Å²) in [5.41, 5.74) is 1.43. The van der Waals surface area contributed by atoms with Crippen molar-refractivity contribution in [2.45, 2.75) is 0 Å². The largest absolute Gasteiger partial charge is 0.505 e. The van der Waals surface area contributed by atoms with Gasteiger partial charge in [0.2, 0.25) is 5.82 Å². The Balaban J connectivity index is 2.20. The lowest BCUT2D eigenvalue weighted by Gasteiger charge is -2.12. The summed E-state index contributed by atoms with van der Waals surface area (Å²) in [7, 11) is 0. The first-order valence-corrected chi connectivity index (χ1v) is 8.26. The Labute approximate surface area is 145 Å². The summed E-state index contributed by atoms with van der Waals surface area (Å²) < 4.78 is 30.0. The van der Waals surface area contributed by atoms with E-state index >= 15 is 0 Å². The maximum atomic E-state index is 14.6. The zero-order chi connectivity index (χ0) is 17.6. The van der Waals surface area contributed by atoms with E-state index in [2.05, 4.69) is 6.07 Å². The molecule has 0 aliphatic carbocycles. The molecule has 4 aromatic rings. The van der Waals surface area contributed by atoms with Crippen molar-refractivity contribution in [1.82, 2.24) is 4.57 Å². The standard InChI is InChI=1S/C19H10F2N2OS/c20-17-14(7-8-15(24)18(17)21)23-13-5-2-1-4-11(13)12(10-22)19(23)16-6-3-9-25-16/h1-9,24H. The summed E-state index contributed by atoms with van der Waals surface area (Å²) in [6.07, 6.45) is 0. The first-order chi connectivity index (χ1) is 12.1. The summed E-state index contributed by atoms with van der Waals surface area (Å²) in [5, 5.41) is 21.6. The molecule has 6 heteroatoms. The van der Waals surface area contributed by atoms with Crippen molar-refractivity contribution in [2.75, 3.05) is 0 Å². The number of halogens is 2. The molecule has 2 aromatic carbocycles. The van der Waals surface area contributed by atoms with E-state index in [0.29, 0.717) is 22.2 Å². The van der Waals surface area contributed by atoms with Crippen LogP contribution in [0, 0.1) is 23.0 Å². The fourth-order valence-electron chi connectivity index (χ4n) is 2.95. The van der Waals surface area contributed by atoms with E-state index in [1.54, 1.807) is 24.3 Å². The van der Waals surface area contributed by atoms with Gasteiger partial charge in [-0.2, -0.15) is 9.65 Å². The Morgan fingerprint density at radius 2 is 1.80 bits per heavy atom. The fourth-order valence-corrected chi connectivity index (χ4v) is 3.72. The van der Waals surface area contributed by atoms with Crippen LogP contribution in [0.15, 0.2) is 53.9 Å². The number of nitrogens with zero attached hydrogens (tertiary/aromatic N) is 2. The lowest BCUT2D eigenvalue weighted by molar-refractivity contribution is 0.406. The second-order valence-corrected chi connectivity index (χ2v) is 6.34. The highest BCUT2D eigenvalue weighted by atomic mass is 32.1. The molecule has 1 N–H and O–H groups in total. The van der Waals surface area contributed by atoms with Crippen LogP contribution < -0.4 is 0 Å². The normalized spacial score (nSPS) is 10.9. The topological polar surface area (TPSA) is 49.0 Å². The van der Waals surface area contributed by atoms with Crippen LogP contribution >= 0.6 is 11.3 Å². The number of phenolic OH excluding ortho intramolecular Hbond substituents is 1. The number of phenols is 1. The highest BCUT2D eigenvalue weighted by molar-refractivity contribution is 7.13. The van der Waals surface area contributed by atoms with Crippen LogP contribution in [-0.4, -0.2) is 9.67 Å². The van der Waals surface area contributed by atoms with E-state index < -0.39 is 17.4 Å². The molecule has 0 amide bonds. The van der Waals surface area contributed by atoms with Crippen LogP contribution in [0.4, 0.5) is 8.78 Å². The number of thiophene rings is 1. The average Bonchev–Trinajstić information content (AvgIpc) is 3.25. The van der Waals surface area contributed by atoms with Crippen molar-refractivity contribution in [1.29, 1.82) is 5.26 Å². The monoisotopic (exact) mass is 352 g/mol. The van der Waals surface area contributed by atoms with E-state index in [0.717, 1.165) is 10.9 Å². The van der Waals surface area contributed by atoms with Crippen molar-refractivity contribution in [3.8, 4) is 28.1 Å². The third-order valence-corrected chi connectivity index (χ3v) is 4.90. The number of para-hydroxylation sites is 1. The molecule has 122 valence electrons. The number of nitriles is 1. The fraction of sp³-hybridized carbons (Fsp3) is 0. The lowest BCUT2D eigenvalue weighted by Crippen LogP contribution is -2.02. The van der Waals surface area contributed by atoms with Crippen LogP contribution in [-0.2, 0) is 0 Å². The van der Waals surface area contributed by atoms with E-state index in [4.69, 9.17) is 0 Å². The van der Waals surface area contributed by atoms with Crippen LogP contribution in [0.1, 0.15) is 5.56 Å². The Morgan fingerprint density at radius 1 is 1.00 bits per heavy atom. The number of hydrogen-bond donors (Lipinski definition) is 1. The third kappa shape index (κ3) is 2.21. The molecule has 2 aromatic heterocycles. The van der Waals surface area contributed by atoms with Gasteiger partial charge in [0.1, 0.15) is 6.07 Å². The maximum absolute atomic E-state index is 14.6. The van der Waals surface area contributed by atoms with Gasteiger partial charge >= 0.3 is 0 Å². The number of rotatable bonds is 2. The molecule has 0 spiro atoms. The van der Waals surface area contributed by atoms with Crippen molar-refractivity contribution >= 4 is 22.2 Å². The van der Waals surface area contributed by atoms with Gasteiger partial charge in [-0.3, -0.25) is 0 Å². The number of aromatic nitrogens is 1. The second kappa shape index (κ2) is 5.72. The van der Waals surface area contributed by atoms with Crippen LogP contribution in [0.25, 0.3) is 27.2 Å². The lowest BCUT2D eigenvalue weighted by atomic mass is 10.1. The van der Waals surface area contributed by atoms with Crippen molar-refractivity contribution in [2.24, 2.45) is 0 Å². The van der Waals surface area contributed by atoms with E-state index in [1.807, 2.05) is 17.5 Å². The summed E-state index contributed by atoms with van der Waals surface area (Å²) in [5.74, 6) is -3.23. The van der Waals surface area contributed by atoms with Gasteiger partial charge in [0.25, 0.3) is 0 Å². The van der Waals surface area contributed by atoms with Gasteiger partial charge in [0, 0.05) is 5.39 Å². The molecule has 25 heavy (non-hydrogen) atoms. The van der Waals surface area contributed by atoms with Crippen LogP contribution in [0.5, 0.6) is 5.75 Å². The minimum absolute atomic E-state index is 0.0589. The first-order valence-electron chi connectivity index (χ1n) is 7.38. The molecular weight excluding hydrogens is 342 g/mol. The molecule has 0 aliphatic heterocycles. The first kappa shape index (κ1) is 15.4. The molecule has 4 rings (SSSR count). The summed E-state index contributed by atoms with van der Waals surface area (Å²) in [4.78, 5) is 0.764. The molecule has 3 nitrogen and oxygen atoms in total. The van der Waals surface area contributed by atoms with Crippen LogP contribution in [0.3, 0.4) is 0 Å². The van der Waals surface area contributed by atoms with E-state index in [9.17, 15) is 19.1 Å². The summed E-state index contributed by atoms with van der Waals surface area (Å²) in [6, 6.07) is 15.3. The predicted octanol–water partition coefficient (Wildman–Crippen LogP) is 5.21. The Morgan fingerprint density at radius 3 is 2.52 bits per heavy atom. The van der Waals surface area contributed by atoms with Gasteiger partial charge in [-0.1, -0.05) is 24.3 Å². The average molecular weight is 352 g/mol. The zero-order valence-corrected chi connectivity index (χ0v) is 13.5. The van der Waals surface area contributed by atoms with E-state index in [1.165, 1.54) is 22.0 Å². The summed E-state index contributed by atoms with van der Waals surface area (Å²) >= 11 is 1.41. The molecule has 0 atom stereocenters. The van der Waals surface area contributed by atoms with Gasteiger partial charge in [0.05, 0.1) is 27.3 Å². The minimum atomic E-state index is -1.31. The van der Waals surface area contributed by atoms with Gasteiger partial charge in [-0.25, -0.2) is 4.39 Å². The van der Waals surface area contributed by atoms with Crippen LogP contribution in [0.2, 0.25) is 0 Å². The van der Waals surface area contributed by atoms with Gasteiger partial charge < -0.3 is 9.67 Å². The molecule has 0 saturated heterocycles. The minimum Gasteiger partial charge on any atom is -0.505 e. The highest BCUT2D eigenvalue weighted by Crippen LogP contribution is 2.39. The van der Waals surface area contributed by atoms with Gasteiger partial charge in [0.15, 0.2) is 11.6 Å². The molecule has 2 heterocycles. The smallest absolute Gasteiger partial charge is 0.202 e. The maximum Gasteiger partial charge on any atom is 0.202 e. The van der Waals surface area contributed by atoms with Gasteiger partial charge in [-0.15, -0.1) is 11.3 Å². The second-order valence-electron chi connectivity index (χ2n) is 5.40. The molecule has 0 unspecified atom stereocenters. The molecule has 0 bridgehead atoms. The molecular formula is C19H10F2N2OS. The Kier molecular flexibility index (Phi) is 3.52. The third-order valence-electron chi connectivity index (χ3n) is 4.02. The van der Waals surface area contributed by atoms with Crippen molar-refractivity contribution in [3.05, 3.63) is 71.1 Å². The SMILES string of the molecule is N#Cc1c(-c2cccs2)n(-c2ccc(O)c(F)c2F)c2ccccc12. The number of benzene rings is 2. The number of hydrogen-bond acceptors (Lipinski definition) is 3. The summed E-state index contributed by atoms with van der Waals surface area (Å²) in [6.45, 7) is 0. The predicted molar refractivity (Wildman–Crippen MR) is 92.9 cm³/mol. The number of fused-ring (bicyclic) bond motifs is 1. The molecule has 0 fully saturated rings. The molecule has 0 saturated carbocycles. The van der Waals surface area contributed by atoms with Gasteiger partial charge in [-0.05, 0) is 29.6 Å². The molecule has 0 radical (unpaired) electrons. The van der Waals surface area contributed by atoms with Crippen molar-refractivity contribution < 1.29 is 13.9 Å². The molecule has 0 aliphatic rings. The zero-order valence-electron chi connectivity index (χ0n) is 12.7. The Bertz CT molecular complexity index is 1140. The highest BCUT2D eigenvalue weighted by Gasteiger charge is 2.24. The number of aromatic hydroxyl groups is 1.